The minimum absolute atomic E-state index is 0.171. The van der Waals surface area contributed by atoms with Crippen molar-refractivity contribution >= 4 is 0 Å². The molecule has 1 saturated carbocycles. The molecule has 0 aromatic carbocycles. The molecule has 0 bridgehead atoms. The van der Waals surface area contributed by atoms with Crippen LogP contribution in [0.15, 0.2) is 18.7 Å². The zero-order valence-corrected chi connectivity index (χ0v) is 7.47. The summed E-state index contributed by atoms with van der Waals surface area (Å²) in [6.07, 6.45) is 6.20. The van der Waals surface area contributed by atoms with Crippen LogP contribution in [0.25, 0.3) is 0 Å². The molecule has 70 valence electrons. The Balaban J connectivity index is 2.11. The predicted octanol–water partition coefficient (Wildman–Crippen LogP) is 0.473. The fraction of sp³-hybridized carbons (Fsp3) is 0.556. The minimum atomic E-state index is -0.762. The van der Waals surface area contributed by atoms with E-state index < -0.39 is 5.60 Å². The van der Waals surface area contributed by atoms with Crippen LogP contribution < -0.4 is 0 Å². The van der Waals surface area contributed by atoms with Crippen LogP contribution in [-0.4, -0.2) is 28.3 Å². The van der Waals surface area contributed by atoms with Gasteiger partial charge in [-0.05, 0) is 0 Å². The minimum Gasteiger partial charge on any atom is -0.385 e. The topological polar surface area (TPSA) is 55.2 Å². The van der Waals surface area contributed by atoms with Crippen molar-refractivity contribution in [2.24, 2.45) is 0 Å². The lowest BCUT2D eigenvalue weighted by Crippen LogP contribution is -2.45. The molecule has 13 heavy (non-hydrogen) atoms. The van der Waals surface area contributed by atoms with E-state index in [0.717, 1.165) is 5.56 Å². The lowest BCUT2D eigenvalue weighted by atomic mass is 9.74. The number of ether oxygens (including phenoxy) is 1. The predicted molar refractivity (Wildman–Crippen MR) is 46.0 cm³/mol. The van der Waals surface area contributed by atoms with Crippen molar-refractivity contribution in [3.8, 4) is 0 Å². The number of nitrogens with zero attached hydrogens (tertiary/aromatic N) is 2. The van der Waals surface area contributed by atoms with Crippen molar-refractivity contribution < 1.29 is 9.84 Å². The third-order valence-electron chi connectivity index (χ3n) is 2.56. The second kappa shape index (κ2) is 3.05. The fourth-order valence-electron chi connectivity index (χ4n) is 1.64. The van der Waals surface area contributed by atoms with Gasteiger partial charge in [-0.15, -0.1) is 0 Å². The molecule has 0 amide bonds. The van der Waals surface area contributed by atoms with Gasteiger partial charge in [0.25, 0.3) is 0 Å². The van der Waals surface area contributed by atoms with E-state index in [2.05, 4.69) is 9.97 Å². The third kappa shape index (κ3) is 1.43. The van der Waals surface area contributed by atoms with E-state index in [1.807, 2.05) is 0 Å². The molecular weight excluding hydrogens is 168 g/mol. The van der Waals surface area contributed by atoms with Gasteiger partial charge in [0.1, 0.15) is 6.33 Å². The van der Waals surface area contributed by atoms with Gasteiger partial charge in [0.05, 0.1) is 11.7 Å². The fourth-order valence-corrected chi connectivity index (χ4v) is 1.64. The molecule has 4 heteroatoms. The number of aliphatic hydroxyl groups is 1. The smallest absolute Gasteiger partial charge is 0.115 e. The zero-order chi connectivity index (χ0) is 9.31. The molecule has 4 nitrogen and oxygen atoms in total. The van der Waals surface area contributed by atoms with Gasteiger partial charge in [0, 0.05) is 37.9 Å². The van der Waals surface area contributed by atoms with Crippen LogP contribution in [0.1, 0.15) is 18.4 Å². The number of hydrogen-bond donors (Lipinski definition) is 1. The van der Waals surface area contributed by atoms with Gasteiger partial charge in [-0.1, -0.05) is 0 Å². The maximum atomic E-state index is 10.0. The summed E-state index contributed by atoms with van der Waals surface area (Å²) < 4.78 is 5.10. The Morgan fingerprint density at radius 3 is 2.62 bits per heavy atom. The number of hydrogen-bond acceptors (Lipinski definition) is 4. The number of methoxy groups -OCH3 is 1. The van der Waals surface area contributed by atoms with Crippen LogP contribution >= 0.6 is 0 Å². The molecule has 1 aromatic rings. The van der Waals surface area contributed by atoms with Crippen molar-refractivity contribution in [3.05, 3.63) is 24.3 Å². The highest BCUT2D eigenvalue weighted by atomic mass is 16.5. The van der Waals surface area contributed by atoms with Crippen LogP contribution in [0, 0.1) is 0 Å². The van der Waals surface area contributed by atoms with E-state index >= 15 is 0 Å². The zero-order valence-electron chi connectivity index (χ0n) is 7.47. The average molecular weight is 180 g/mol. The van der Waals surface area contributed by atoms with E-state index in [4.69, 9.17) is 4.74 Å². The molecule has 0 atom stereocenters. The van der Waals surface area contributed by atoms with E-state index in [1.54, 1.807) is 19.5 Å². The summed E-state index contributed by atoms with van der Waals surface area (Å²) in [5.74, 6) is 0. The highest BCUT2D eigenvalue weighted by Gasteiger charge is 2.44. The van der Waals surface area contributed by atoms with Crippen LogP contribution in [0.4, 0.5) is 0 Å². The Kier molecular flexibility index (Phi) is 2.01. The second-order valence-electron chi connectivity index (χ2n) is 3.42. The molecule has 1 N–H and O–H groups in total. The average Bonchev–Trinajstić information content (AvgIpc) is 2.14. The molecule has 2 rings (SSSR count). The largest absolute Gasteiger partial charge is 0.385 e. The maximum Gasteiger partial charge on any atom is 0.115 e. The molecule has 1 heterocycles. The molecule has 1 aromatic heterocycles. The Labute approximate surface area is 76.6 Å². The van der Waals surface area contributed by atoms with E-state index in [0.29, 0.717) is 12.8 Å². The van der Waals surface area contributed by atoms with Crippen molar-refractivity contribution in [3.63, 3.8) is 0 Å². The molecule has 1 aliphatic carbocycles. The van der Waals surface area contributed by atoms with Crippen molar-refractivity contribution in [2.75, 3.05) is 7.11 Å². The quantitative estimate of drug-likeness (QED) is 0.719. The van der Waals surface area contributed by atoms with Crippen molar-refractivity contribution in [1.82, 2.24) is 9.97 Å². The second-order valence-corrected chi connectivity index (χ2v) is 3.42. The van der Waals surface area contributed by atoms with Gasteiger partial charge in [-0.2, -0.15) is 0 Å². The summed E-state index contributed by atoms with van der Waals surface area (Å²) >= 11 is 0. The first-order chi connectivity index (χ1) is 6.24. The van der Waals surface area contributed by atoms with E-state index in [9.17, 15) is 5.11 Å². The van der Waals surface area contributed by atoms with Gasteiger partial charge in [-0.3, -0.25) is 0 Å². The first-order valence-electron chi connectivity index (χ1n) is 4.25. The number of rotatable bonds is 2. The van der Waals surface area contributed by atoms with Gasteiger partial charge < -0.3 is 9.84 Å². The summed E-state index contributed by atoms with van der Waals surface area (Å²) in [5, 5.41) is 10.0. The van der Waals surface area contributed by atoms with Crippen molar-refractivity contribution in [2.45, 2.75) is 24.5 Å². The molecule has 0 radical (unpaired) electrons. The molecule has 0 spiro atoms. The standard InChI is InChI=1S/C9H12N2O2/c1-13-8-2-9(12,3-8)7-4-10-6-11-5-7/h4-6,8,12H,2-3H2,1H3. The molecule has 0 unspecified atom stereocenters. The Hall–Kier alpha value is -1.00. The molecular formula is C9H12N2O2. The summed E-state index contributed by atoms with van der Waals surface area (Å²) in [4.78, 5) is 7.74. The van der Waals surface area contributed by atoms with Gasteiger partial charge in [0.2, 0.25) is 0 Å². The maximum absolute atomic E-state index is 10.0. The van der Waals surface area contributed by atoms with Crippen LogP contribution in [-0.2, 0) is 10.3 Å². The first-order valence-corrected chi connectivity index (χ1v) is 4.25. The van der Waals surface area contributed by atoms with Gasteiger partial charge >= 0.3 is 0 Å². The Morgan fingerprint density at radius 1 is 1.46 bits per heavy atom. The molecule has 0 aliphatic heterocycles. The highest BCUT2D eigenvalue weighted by Crippen LogP contribution is 2.41. The summed E-state index contributed by atoms with van der Waals surface area (Å²) in [7, 11) is 1.66. The normalized spacial score (nSPS) is 32.6. The van der Waals surface area contributed by atoms with Gasteiger partial charge in [-0.25, -0.2) is 9.97 Å². The Morgan fingerprint density at radius 2 is 2.08 bits per heavy atom. The Bertz CT molecular complexity index is 283. The van der Waals surface area contributed by atoms with E-state index in [1.165, 1.54) is 6.33 Å². The lowest BCUT2D eigenvalue weighted by Gasteiger charge is -2.42. The SMILES string of the molecule is COC1CC(O)(c2cncnc2)C1. The van der Waals surface area contributed by atoms with Crippen molar-refractivity contribution in [1.29, 1.82) is 0 Å². The third-order valence-corrected chi connectivity index (χ3v) is 2.56. The summed E-state index contributed by atoms with van der Waals surface area (Å²) in [6, 6.07) is 0. The van der Waals surface area contributed by atoms with Crippen LogP contribution in [0.3, 0.4) is 0 Å². The van der Waals surface area contributed by atoms with Crippen LogP contribution in [0.5, 0.6) is 0 Å². The highest BCUT2D eigenvalue weighted by molar-refractivity contribution is 5.19. The number of aromatic nitrogens is 2. The first kappa shape index (κ1) is 8.59. The summed E-state index contributed by atoms with van der Waals surface area (Å²) in [5.41, 5.74) is 0.0189. The molecule has 1 aliphatic rings. The van der Waals surface area contributed by atoms with E-state index in [-0.39, 0.29) is 6.10 Å². The lowest BCUT2D eigenvalue weighted by molar-refractivity contribution is -0.133. The van der Waals surface area contributed by atoms with Gasteiger partial charge in [0.15, 0.2) is 0 Å². The molecule has 1 fully saturated rings. The monoisotopic (exact) mass is 180 g/mol. The molecule has 0 saturated heterocycles. The summed E-state index contributed by atoms with van der Waals surface area (Å²) in [6.45, 7) is 0. The van der Waals surface area contributed by atoms with Crippen LogP contribution in [0.2, 0.25) is 0 Å².